The Morgan fingerprint density at radius 2 is 1.87 bits per heavy atom. The molecular weight excluding hydrogens is 500 g/mol. The highest BCUT2D eigenvalue weighted by Gasteiger charge is 2.22. The van der Waals surface area contributed by atoms with Crippen molar-refractivity contribution in [3.8, 4) is 23.1 Å². The molecule has 5 rings (SSSR count). The number of likely N-dealkylation sites (tertiary alicyclic amines) is 2. The van der Waals surface area contributed by atoms with Gasteiger partial charge < -0.3 is 34.1 Å². The van der Waals surface area contributed by atoms with E-state index >= 15 is 0 Å². The van der Waals surface area contributed by atoms with E-state index in [1.165, 1.54) is 5.56 Å². The normalized spacial score (nSPS) is 17.4. The number of aliphatic hydroxyl groups is 1. The third-order valence-corrected chi connectivity index (χ3v) is 7.20. The van der Waals surface area contributed by atoms with Crippen molar-refractivity contribution >= 4 is 17.5 Å². The predicted molar refractivity (Wildman–Crippen MR) is 146 cm³/mol. The molecule has 2 aliphatic rings. The first-order chi connectivity index (χ1) is 18.9. The molecule has 2 aromatic heterocycles. The van der Waals surface area contributed by atoms with Gasteiger partial charge in [-0.15, -0.1) is 0 Å². The van der Waals surface area contributed by atoms with Gasteiger partial charge in [0.1, 0.15) is 5.82 Å². The summed E-state index contributed by atoms with van der Waals surface area (Å²) in [7, 11) is 3.08. The Morgan fingerprint density at radius 3 is 2.54 bits per heavy atom. The van der Waals surface area contributed by atoms with Crippen LogP contribution in [0.15, 0.2) is 36.8 Å². The lowest BCUT2D eigenvalue weighted by atomic mass is 10.2. The summed E-state index contributed by atoms with van der Waals surface area (Å²) in [5.41, 5.74) is 3.01. The molecule has 11 nitrogen and oxygen atoms in total. The molecule has 0 aliphatic carbocycles. The van der Waals surface area contributed by atoms with E-state index in [9.17, 15) is 9.90 Å². The fourth-order valence-corrected chi connectivity index (χ4v) is 5.06. The monoisotopic (exact) mass is 536 g/mol. The van der Waals surface area contributed by atoms with Crippen molar-refractivity contribution < 1.29 is 24.1 Å². The maximum Gasteiger partial charge on any atom is 0.260 e. The van der Waals surface area contributed by atoms with Gasteiger partial charge in [0.2, 0.25) is 11.7 Å². The van der Waals surface area contributed by atoms with Crippen LogP contribution in [0.25, 0.3) is 5.82 Å². The van der Waals surface area contributed by atoms with Gasteiger partial charge in [-0.2, -0.15) is 4.98 Å². The Balaban J connectivity index is 1.30. The van der Waals surface area contributed by atoms with E-state index in [1.807, 2.05) is 15.5 Å². The molecule has 2 N–H and O–H groups in total. The molecule has 1 atom stereocenters. The van der Waals surface area contributed by atoms with E-state index in [0.29, 0.717) is 35.4 Å². The summed E-state index contributed by atoms with van der Waals surface area (Å²) >= 11 is 0. The zero-order valence-corrected chi connectivity index (χ0v) is 22.7. The third-order valence-electron chi connectivity index (χ3n) is 7.20. The summed E-state index contributed by atoms with van der Waals surface area (Å²) in [5, 5.41) is 13.1. The maximum atomic E-state index is 12.5. The fourth-order valence-electron chi connectivity index (χ4n) is 5.06. The molecule has 1 amide bonds. The summed E-state index contributed by atoms with van der Waals surface area (Å²) in [6.45, 7) is 5.94. The molecule has 4 heterocycles. The van der Waals surface area contributed by atoms with Crippen molar-refractivity contribution in [1.29, 1.82) is 0 Å². The number of nitrogens with one attached hydrogen (secondary N) is 1. The SMILES string of the molecule is COc1cc(Nc2nccc(-n3cc(C)c(CN4CC[C@@H](O)C4)c3)n2)cc(OC)c1OCC(=O)N1CCCC1. The van der Waals surface area contributed by atoms with E-state index < -0.39 is 0 Å². The van der Waals surface area contributed by atoms with Crippen molar-refractivity contribution in [3.05, 3.63) is 47.9 Å². The number of carbonyl (C=O) groups excluding carboxylic acids is 1. The molecule has 0 bridgehead atoms. The zero-order valence-electron chi connectivity index (χ0n) is 22.7. The van der Waals surface area contributed by atoms with Crippen LogP contribution in [0.2, 0.25) is 0 Å². The van der Waals surface area contributed by atoms with Gasteiger partial charge in [-0.25, -0.2) is 4.98 Å². The number of methoxy groups -OCH3 is 2. The number of hydrogen-bond acceptors (Lipinski definition) is 9. The van der Waals surface area contributed by atoms with E-state index in [1.54, 1.807) is 32.5 Å². The Hall–Kier alpha value is -3.83. The van der Waals surface area contributed by atoms with Crippen molar-refractivity contribution in [2.45, 2.75) is 38.8 Å². The molecule has 2 fully saturated rings. The molecule has 2 aliphatic heterocycles. The number of amides is 1. The van der Waals surface area contributed by atoms with Gasteiger partial charge in [0.15, 0.2) is 18.1 Å². The number of aryl methyl sites for hydroxylation is 1. The number of β-amino-alcohol motifs (C(OH)–C–C–N with tert-alkyl or cyclic N) is 1. The molecule has 0 spiro atoms. The number of nitrogens with zero attached hydrogens (tertiary/aromatic N) is 5. The number of anilines is 2. The third kappa shape index (κ3) is 6.26. The summed E-state index contributed by atoms with van der Waals surface area (Å²) in [6.07, 6.45) is 8.46. The van der Waals surface area contributed by atoms with Crippen LogP contribution in [0.5, 0.6) is 17.2 Å². The highest BCUT2D eigenvalue weighted by atomic mass is 16.5. The van der Waals surface area contributed by atoms with Crippen LogP contribution in [-0.2, 0) is 11.3 Å². The Kier molecular flexibility index (Phi) is 8.18. The van der Waals surface area contributed by atoms with Crippen molar-refractivity contribution in [2.75, 3.05) is 52.3 Å². The van der Waals surface area contributed by atoms with Gasteiger partial charge in [0.25, 0.3) is 5.91 Å². The summed E-state index contributed by atoms with van der Waals surface area (Å²) in [5.74, 6) is 2.31. The lowest BCUT2D eigenvalue weighted by Gasteiger charge is -2.19. The van der Waals surface area contributed by atoms with Crippen molar-refractivity contribution in [3.63, 3.8) is 0 Å². The van der Waals surface area contributed by atoms with Crippen LogP contribution in [0.4, 0.5) is 11.6 Å². The number of aromatic nitrogens is 3. The molecule has 2 saturated heterocycles. The first-order valence-electron chi connectivity index (χ1n) is 13.3. The quantitative estimate of drug-likeness (QED) is 0.404. The maximum absolute atomic E-state index is 12.5. The summed E-state index contributed by atoms with van der Waals surface area (Å²) < 4.78 is 19.0. The molecule has 1 aromatic carbocycles. The van der Waals surface area contributed by atoms with Gasteiger partial charge in [0, 0.05) is 69.1 Å². The first kappa shape index (κ1) is 26.8. The summed E-state index contributed by atoms with van der Waals surface area (Å²) in [6, 6.07) is 5.37. The molecule has 3 aromatic rings. The number of hydrogen-bond donors (Lipinski definition) is 2. The van der Waals surface area contributed by atoms with Crippen LogP contribution in [0.1, 0.15) is 30.4 Å². The standard InChI is InChI=1S/C28H36N6O5/c1-19-14-34(16-20(19)15-32-11-7-22(35)17-32)25-6-8-29-28(31-25)30-21-12-23(37-2)27(24(13-21)38-3)39-18-26(36)33-9-4-5-10-33/h6,8,12-14,16,22,35H,4-5,7,9-11,15,17-18H2,1-3H3,(H,29,30,31)/t22-/m1/s1. The number of aliphatic hydroxyl groups excluding tert-OH is 1. The predicted octanol–water partition coefficient (Wildman–Crippen LogP) is 2.90. The average Bonchev–Trinajstić information content (AvgIpc) is 3.70. The van der Waals surface area contributed by atoms with Gasteiger partial charge in [-0.05, 0) is 43.4 Å². The fraction of sp³-hybridized carbons (Fsp3) is 0.464. The van der Waals surface area contributed by atoms with Crippen LogP contribution in [0, 0.1) is 6.92 Å². The van der Waals surface area contributed by atoms with Gasteiger partial charge >= 0.3 is 0 Å². The molecular formula is C28H36N6O5. The topological polar surface area (TPSA) is 114 Å². The second-order valence-corrected chi connectivity index (χ2v) is 10.0. The molecule has 0 unspecified atom stereocenters. The Bertz CT molecular complexity index is 1280. The van der Waals surface area contributed by atoms with Crippen molar-refractivity contribution in [2.24, 2.45) is 0 Å². The molecule has 11 heteroatoms. The minimum absolute atomic E-state index is 0.0505. The number of ether oxygens (including phenoxy) is 3. The van der Waals surface area contributed by atoms with Crippen LogP contribution >= 0.6 is 0 Å². The Labute approximate surface area is 228 Å². The van der Waals surface area contributed by atoms with Crippen LogP contribution < -0.4 is 19.5 Å². The summed E-state index contributed by atoms with van der Waals surface area (Å²) in [4.78, 5) is 25.6. The van der Waals surface area contributed by atoms with E-state index in [2.05, 4.69) is 34.5 Å². The van der Waals surface area contributed by atoms with E-state index in [0.717, 1.165) is 56.8 Å². The average molecular weight is 537 g/mol. The second kappa shape index (κ2) is 11.9. The first-order valence-corrected chi connectivity index (χ1v) is 13.3. The van der Waals surface area contributed by atoms with Crippen LogP contribution in [-0.4, -0.2) is 88.5 Å². The largest absolute Gasteiger partial charge is 0.493 e. The Morgan fingerprint density at radius 1 is 1.13 bits per heavy atom. The molecule has 0 saturated carbocycles. The highest BCUT2D eigenvalue weighted by Crippen LogP contribution is 2.41. The van der Waals surface area contributed by atoms with E-state index in [-0.39, 0.29) is 18.6 Å². The lowest BCUT2D eigenvalue weighted by Crippen LogP contribution is -2.32. The lowest BCUT2D eigenvalue weighted by molar-refractivity contribution is -0.132. The van der Waals surface area contributed by atoms with Crippen LogP contribution in [0.3, 0.4) is 0 Å². The highest BCUT2D eigenvalue weighted by molar-refractivity contribution is 5.78. The molecule has 0 radical (unpaired) electrons. The van der Waals surface area contributed by atoms with Gasteiger partial charge in [0.05, 0.1) is 20.3 Å². The molecule has 208 valence electrons. The number of rotatable bonds is 10. The minimum atomic E-state index is -0.238. The van der Waals surface area contributed by atoms with Gasteiger partial charge in [-0.3, -0.25) is 9.69 Å². The van der Waals surface area contributed by atoms with Crippen molar-refractivity contribution in [1.82, 2.24) is 24.3 Å². The second-order valence-electron chi connectivity index (χ2n) is 10.0. The smallest absolute Gasteiger partial charge is 0.260 e. The van der Waals surface area contributed by atoms with Gasteiger partial charge in [-0.1, -0.05) is 0 Å². The van der Waals surface area contributed by atoms with E-state index in [4.69, 9.17) is 19.2 Å². The minimum Gasteiger partial charge on any atom is -0.493 e. The zero-order chi connectivity index (χ0) is 27.4. The number of benzene rings is 1. The number of carbonyl (C=O) groups is 1. The molecule has 39 heavy (non-hydrogen) atoms.